The van der Waals surface area contributed by atoms with Crippen molar-refractivity contribution < 1.29 is 0 Å². The Morgan fingerprint density at radius 2 is 0.729 bits per heavy atom. The summed E-state index contributed by atoms with van der Waals surface area (Å²) in [5.41, 5.74) is 19.3. The summed E-state index contributed by atoms with van der Waals surface area (Å²) in [5, 5.41) is 25.7. The molecule has 0 saturated carbocycles. The highest BCUT2D eigenvalue weighted by atomic mass is 15.0. The van der Waals surface area contributed by atoms with Crippen LogP contribution in [0.3, 0.4) is 0 Å². The molecule has 0 aliphatic heterocycles. The number of benzene rings is 8. The van der Waals surface area contributed by atoms with Gasteiger partial charge in [0, 0.05) is 27.1 Å². The Balaban J connectivity index is 1.37. The van der Waals surface area contributed by atoms with E-state index in [9.17, 15) is 10.5 Å². The van der Waals surface area contributed by atoms with Gasteiger partial charge in [0.25, 0.3) is 0 Å². The maximum atomic E-state index is 10.9. The van der Waals surface area contributed by atoms with Crippen molar-refractivity contribution in [1.29, 1.82) is 10.5 Å². The van der Waals surface area contributed by atoms with Crippen molar-refractivity contribution in [3.8, 4) is 56.9 Å². The summed E-state index contributed by atoms with van der Waals surface area (Å²) < 4.78 is 4.67. The molecule has 10 aromatic rings. The highest BCUT2D eigenvalue weighted by molar-refractivity contribution is 6.13. The molecule has 0 saturated heterocycles. The molecule has 0 amide bonds. The lowest BCUT2D eigenvalue weighted by Crippen LogP contribution is -2.05. The van der Waals surface area contributed by atoms with Gasteiger partial charge in [-0.2, -0.15) is 10.5 Å². The van der Waals surface area contributed by atoms with Crippen molar-refractivity contribution in [2.75, 3.05) is 0 Å². The van der Waals surface area contributed by atoms with Crippen LogP contribution in [0.5, 0.6) is 0 Å². The van der Waals surface area contributed by atoms with E-state index in [-0.39, 0.29) is 0 Å². The molecule has 4 heteroatoms. The molecule has 0 bridgehead atoms. The Morgan fingerprint density at radius 1 is 0.339 bits per heavy atom. The lowest BCUT2D eigenvalue weighted by atomic mass is 9.95. The van der Waals surface area contributed by atoms with Gasteiger partial charge in [-0.15, -0.1) is 0 Å². The van der Waals surface area contributed by atoms with Gasteiger partial charge in [-0.05, 0) is 117 Å². The van der Waals surface area contributed by atoms with Crippen LogP contribution in [0, 0.1) is 57.3 Å². The zero-order chi connectivity index (χ0) is 40.5. The number of aromatic nitrogens is 2. The molecule has 0 aliphatic carbocycles. The first-order chi connectivity index (χ1) is 28.7. The van der Waals surface area contributed by atoms with Gasteiger partial charge in [0.1, 0.15) is 0 Å². The van der Waals surface area contributed by atoms with Crippen LogP contribution in [0.1, 0.15) is 38.9 Å². The monoisotopic (exact) mass is 756 g/mol. The summed E-state index contributed by atoms with van der Waals surface area (Å²) in [6, 6.07) is 59.0. The lowest BCUT2D eigenvalue weighted by Gasteiger charge is -2.21. The van der Waals surface area contributed by atoms with Crippen LogP contribution in [-0.4, -0.2) is 9.13 Å². The first kappa shape index (κ1) is 35.7. The topological polar surface area (TPSA) is 57.4 Å². The molecule has 2 aromatic heterocycles. The molecule has 0 radical (unpaired) electrons. The van der Waals surface area contributed by atoms with Gasteiger partial charge in [-0.1, -0.05) is 125 Å². The number of nitrogens with zero attached hydrogens (tertiary/aromatic N) is 4. The third-order valence-electron chi connectivity index (χ3n) is 11.7. The molecule has 2 heterocycles. The SMILES string of the molecule is Cc1cc(C)cc(-c2ccc3c4ccccc4n(-c4cc(C#N)cc(-n5c6ccccc6c6ccc(-c7cc(C)cc(C)c7)cc65)c4-c4cc(C)cc(C#N)c4)c3c2)c1. The van der Waals surface area contributed by atoms with Crippen LogP contribution < -0.4 is 0 Å². The lowest BCUT2D eigenvalue weighted by molar-refractivity contribution is 1.13. The Bertz CT molecular complexity index is 3240. The zero-order valence-electron chi connectivity index (χ0n) is 33.7. The third kappa shape index (κ3) is 5.97. The minimum atomic E-state index is 0.541. The Kier molecular flexibility index (Phi) is 8.34. The molecule has 0 aliphatic rings. The third-order valence-corrected chi connectivity index (χ3v) is 11.7. The second kappa shape index (κ2) is 13.8. The smallest absolute Gasteiger partial charge is 0.0993 e. The summed E-state index contributed by atoms with van der Waals surface area (Å²) in [6.07, 6.45) is 0. The summed E-state index contributed by atoms with van der Waals surface area (Å²) in [4.78, 5) is 0. The first-order valence-electron chi connectivity index (χ1n) is 20.0. The van der Waals surface area contributed by atoms with Crippen LogP contribution >= 0.6 is 0 Å². The molecule has 4 nitrogen and oxygen atoms in total. The zero-order valence-corrected chi connectivity index (χ0v) is 33.7. The van der Waals surface area contributed by atoms with Crippen LogP contribution in [0.15, 0.2) is 152 Å². The van der Waals surface area contributed by atoms with Crippen molar-refractivity contribution >= 4 is 43.6 Å². The molecular weight excluding hydrogens is 717 g/mol. The predicted molar refractivity (Wildman–Crippen MR) is 245 cm³/mol. The highest BCUT2D eigenvalue weighted by Crippen LogP contribution is 2.44. The van der Waals surface area contributed by atoms with Crippen molar-refractivity contribution in [1.82, 2.24) is 9.13 Å². The molecule has 59 heavy (non-hydrogen) atoms. The van der Waals surface area contributed by atoms with E-state index in [4.69, 9.17) is 0 Å². The highest BCUT2D eigenvalue weighted by Gasteiger charge is 2.24. The fraction of sp³-hybridized carbons (Fsp3) is 0.0909. The number of hydrogen-bond donors (Lipinski definition) is 0. The summed E-state index contributed by atoms with van der Waals surface area (Å²) in [7, 11) is 0. The summed E-state index contributed by atoms with van der Waals surface area (Å²) in [6.45, 7) is 10.6. The van der Waals surface area contributed by atoms with Crippen molar-refractivity contribution in [3.05, 3.63) is 191 Å². The molecular formula is C55H40N4. The van der Waals surface area contributed by atoms with Crippen LogP contribution in [0.2, 0.25) is 0 Å². The molecule has 0 spiro atoms. The molecule has 0 unspecified atom stereocenters. The van der Waals surface area contributed by atoms with Gasteiger partial charge in [0.2, 0.25) is 0 Å². The number of hydrogen-bond acceptors (Lipinski definition) is 2. The van der Waals surface area contributed by atoms with E-state index < -0.39 is 0 Å². The van der Waals surface area contributed by atoms with E-state index in [2.05, 4.69) is 176 Å². The fourth-order valence-corrected chi connectivity index (χ4v) is 9.42. The van der Waals surface area contributed by atoms with Crippen molar-refractivity contribution in [3.63, 3.8) is 0 Å². The molecule has 0 N–H and O–H groups in total. The van der Waals surface area contributed by atoms with Gasteiger partial charge in [-0.25, -0.2) is 0 Å². The van der Waals surface area contributed by atoms with Gasteiger partial charge in [0.05, 0.1) is 56.7 Å². The number of aryl methyl sites for hydroxylation is 5. The minimum Gasteiger partial charge on any atom is -0.308 e. The molecule has 10 rings (SSSR count). The average Bonchev–Trinajstić information content (AvgIpc) is 3.74. The number of fused-ring (bicyclic) bond motifs is 6. The maximum absolute atomic E-state index is 10.9. The Morgan fingerprint density at radius 3 is 1.19 bits per heavy atom. The van der Waals surface area contributed by atoms with Crippen LogP contribution in [0.25, 0.3) is 88.4 Å². The summed E-state index contributed by atoms with van der Waals surface area (Å²) in [5.74, 6) is 0. The van der Waals surface area contributed by atoms with Gasteiger partial charge >= 0.3 is 0 Å². The largest absolute Gasteiger partial charge is 0.308 e. The van der Waals surface area contributed by atoms with E-state index in [1.165, 1.54) is 22.3 Å². The predicted octanol–water partition coefficient (Wildman–Crippen LogP) is 14.2. The second-order valence-corrected chi connectivity index (χ2v) is 16.1. The quantitative estimate of drug-likeness (QED) is 0.176. The average molecular weight is 757 g/mol. The first-order valence-corrected chi connectivity index (χ1v) is 20.0. The van der Waals surface area contributed by atoms with Gasteiger partial charge in [-0.3, -0.25) is 0 Å². The van der Waals surface area contributed by atoms with E-state index >= 15 is 0 Å². The Hall–Kier alpha value is -7.66. The number of nitriles is 2. The molecule has 8 aromatic carbocycles. The Labute approximate surface area is 344 Å². The second-order valence-electron chi connectivity index (χ2n) is 16.1. The van der Waals surface area contributed by atoms with E-state index in [1.807, 2.05) is 31.2 Å². The molecule has 280 valence electrons. The van der Waals surface area contributed by atoms with Crippen LogP contribution in [-0.2, 0) is 0 Å². The van der Waals surface area contributed by atoms with Gasteiger partial charge < -0.3 is 9.13 Å². The van der Waals surface area contributed by atoms with E-state index in [1.54, 1.807) is 0 Å². The molecule has 0 fully saturated rings. The van der Waals surface area contributed by atoms with Crippen molar-refractivity contribution in [2.24, 2.45) is 0 Å². The standard InChI is InChI=1S/C55H40N4/c1-33-18-34(2)22-42(21-33)40-14-16-47-45-10-6-8-12-49(45)58(51(47)29-40)53-27-39(32-57)28-54(55(53)44-25-37(5)20-38(26-44)31-56)59-50-13-9-7-11-46(50)48-17-15-41(30-52(48)59)43-23-35(3)19-36(4)24-43/h6-30H,1-5H3. The summed E-state index contributed by atoms with van der Waals surface area (Å²) >= 11 is 0. The maximum Gasteiger partial charge on any atom is 0.0993 e. The molecule has 0 atom stereocenters. The van der Waals surface area contributed by atoms with Crippen LogP contribution in [0.4, 0.5) is 0 Å². The number of rotatable bonds is 5. The minimum absolute atomic E-state index is 0.541. The number of para-hydroxylation sites is 2. The fourth-order valence-electron chi connectivity index (χ4n) is 9.42. The normalized spacial score (nSPS) is 11.4. The van der Waals surface area contributed by atoms with Crippen molar-refractivity contribution in [2.45, 2.75) is 34.6 Å². The van der Waals surface area contributed by atoms with E-state index in [0.717, 1.165) is 93.9 Å². The van der Waals surface area contributed by atoms with Gasteiger partial charge in [0.15, 0.2) is 0 Å². The van der Waals surface area contributed by atoms with E-state index in [0.29, 0.717) is 11.1 Å².